The number of halogens is 1. The van der Waals surface area contributed by atoms with E-state index >= 15 is 0 Å². The van der Waals surface area contributed by atoms with Gasteiger partial charge < -0.3 is 14.7 Å². The van der Waals surface area contributed by atoms with E-state index in [9.17, 15) is 4.79 Å². The van der Waals surface area contributed by atoms with Gasteiger partial charge in [-0.2, -0.15) is 0 Å². The first-order chi connectivity index (χ1) is 15.9. The molecule has 0 bridgehead atoms. The number of carbonyl (C=O) groups is 1. The summed E-state index contributed by atoms with van der Waals surface area (Å²) in [6.45, 7) is 4.38. The summed E-state index contributed by atoms with van der Waals surface area (Å²) >= 11 is 6.56. The van der Waals surface area contributed by atoms with Crippen molar-refractivity contribution in [2.75, 3.05) is 32.2 Å². The SMILES string of the molecule is CN=Cc1cc(C)ccc1-c1cc(C(=O)N(C)c2c(C)cccc2OCCCO)ccc1Cl. The molecule has 0 atom stereocenters. The molecule has 3 rings (SSSR count). The minimum atomic E-state index is -0.174. The summed E-state index contributed by atoms with van der Waals surface area (Å²) in [5, 5.41) is 9.62. The highest BCUT2D eigenvalue weighted by atomic mass is 35.5. The van der Waals surface area contributed by atoms with E-state index in [0.29, 0.717) is 35.1 Å². The average molecular weight is 465 g/mol. The third kappa shape index (κ3) is 5.62. The number of anilines is 1. The lowest BCUT2D eigenvalue weighted by Crippen LogP contribution is -2.27. The molecule has 0 aliphatic rings. The Morgan fingerprint density at radius 2 is 1.91 bits per heavy atom. The predicted octanol–water partition coefficient (Wildman–Crippen LogP) is 5.71. The van der Waals surface area contributed by atoms with Crippen molar-refractivity contribution in [1.29, 1.82) is 0 Å². The first-order valence-corrected chi connectivity index (χ1v) is 11.2. The van der Waals surface area contributed by atoms with Crippen LogP contribution in [0.25, 0.3) is 11.1 Å². The number of aliphatic imine (C=N–C) groups is 1. The van der Waals surface area contributed by atoms with Crippen molar-refractivity contribution in [2.45, 2.75) is 20.3 Å². The van der Waals surface area contributed by atoms with E-state index in [1.165, 1.54) is 0 Å². The van der Waals surface area contributed by atoms with Crippen molar-refractivity contribution in [2.24, 2.45) is 4.99 Å². The number of hydrogen-bond acceptors (Lipinski definition) is 4. The van der Waals surface area contributed by atoms with Crippen LogP contribution >= 0.6 is 11.6 Å². The normalized spacial score (nSPS) is 11.1. The molecular weight excluding hydrogens is 436 g/mol. The molecule has 0 aromatic heterocycles. The smallest absolute Gasteiger partial charge is 0.258 e. The van der Waals surface area contributed by atoms with E-state index < -0.39 is 0 Å². The third-order valence-corrected chi connectivity index (χ3v) is 5.71. The van der Waals surface area contributed by atoms with E-state index in [-0.39, 0.29) is 12.5 Å². The highest BCUT2D eigenvalue weighted by Crippen LogP contribution is 2.35. The van der Waals surface area contributed by atoms with Gasteiger partial charge in [0.05, 0.1) is 12.3 Å². The first-order valence-electron chi connectivity index (χ1n) is 10.8. The molecule has 0 fully saturated rings. The molecule has 0 aliphatic heterocycles. The number of amides is 1. The van der Waals surface area contributed by atoms with Gasteiger partial charge in [0.2, 0.25) is 0 Å². The zero-order valence-electron chi connectivity index (χ0n) is 19.4. The Morgan fingerprint density at radius 3 is 2.64 bits per heavy atom. The van der Waals surface area contributed by atoms with Crippen molar-refractivity contribution in [3.8, 4) is 16.9 Å². The zero-order valence-corrected chi connectivity index (χ0v) is 20.2. The summed E-state index contributed by atoms with van der Waals surface area (Å²) in [4.78, 5) is 19.3. The number of aliphatic hydroxyl groups is 1. The van der Waals surface area contributed by atoms with Gasteiger partial charge in [0, 0.05) is 55.1 Å². The van der Waals surface area contributed by atoms with Crippen molar-refractivity contribution < 1.29 is 14.6 Å². The van der Waals surface area contributed by atoms with Crippen LogP contribution in [0.2, 0.25) is 5.02 Å². The Bertz CT molecular complexity index is 1170. The fraction of sp³-hybridized carbons (Fsp3) is 0.259. The lowest BCUT2D eigenvalue weighted by Gasteiger charge is -2.23. The molecule has 33 heavy (non-hydrogen) atoms. The Morgan fingerprint density at radius 1 is 1.12 bits per heavy atom. The van der Waals surface area contributed by atoms with Gasteiger partial charge in [-0.15, -0.1) is 0 Å². The van der Waals surface area contributed by atoms with Crippen molar-refractivity contribution in [1.82, 2.24) is 0 Å². The van der Waals surface area contributed by atoms with Crippen LogP contribution < -0.4 is 9.64 Å². The lowest BCUT2D eigenvalue weighted by atomic mass is 9.96. The van der Waals surface area contributed by atoms with Crippen LogP contribution in [0.3, 0.4) is 0 Å². The predicted molar refractivity (Wildman–Crippen MR) is 136 cm³/mol. The van der Waals surface area contributed by atoms with Crippen molar-refractivity contribution in [3.63, 3.8) is 0 Å². The quantitative estimate of drug-likeness (QED) is 0.343. The van der Waals surface area contributed by atoms with Gasteiger partial charge in [-0.25, -0.2) is 0 Å². The molecule has 3 aromatic carbocycles. The number of benzene rings is 3. The number of ether oxygens (including phenoxy) is 1. The molecule has 0 heterocycles. The Labute approximate surface area is 200 Å². The number of aryl methyl sites for hydroxylation is 2. The van der Waals surface area contributed by atoms with E-state index in [4.69, 9.17) is 21.4 Å². The van der Waals surface area contributed by atoms with Crippen LogP contribution in [0.15, 0.2) is 59.6 Å². The summed E-state index contributed by atoms with van der Waals surface area (Å²) in [5.41, 5.74) is 5.88. The minimum absolute atomic E-state index is 0.0488. The van der Waals surface area contributed by atoms with Crippen LogP contribution in [0, 0.1) is 13.8 Å². The second kappa shape index (κ2) is 11.1. The van der Waals surface area contributed by atoms with Gasteiger partial charge in [0.15, 0.2) is 0 Å². The molecule has 0 radical (unpaired) electrons. The molecule has 172 valence electrons. The number of aliphatic hydroxyl groups excluding tert-OH is 1. The summed E-state index contributed by atoms with van der Waals surface area (Å²) in [5.74, 6) is 0.431. The summed E-state index contributed by atoms with van der Waals surface area (Å²) in [6.07, 6.45) is 2.31. The molecular formula is C27H29ClN2O3. The second-order valence-corrected chi connectivity index (χ2v) is 8.29. The van der Waals surface area contributed by atoms with Crippen LogP contribution in [-0.2, 0) is 0 Å². The third-order valence-electron chi connectivity index (χ3n) is 5.38. The number of nitrogens with zero attached hydrogens (tertiary/aromatic N) is 2. The van der Waals surface area contributed by atoms with E-state index in [2.05, 4.69) is 4.99 Å². The highest BCUT2D eigenvalue weighted by Gasteiger charge is 2.21. The highest BCUT2D eigenvalue weighted by molar-refractivity contribution is 6.33. The topological polar surface area (TPSA) is 62.1 Å². The summed E-state index contributed by atoms with van der Waals surface area (Å²) < 4.78 is 5.84. The molecule has 0 saturated carbocycles. The lowest BCUT2D eigenvalue weighted by molar-refractivity contribution is 0.0992. The molecule has 5 nitrogen and oxygen atoms in total. The maximum absolute atomic E-state index is 13.5. The zero-order chi connectivity index (χ0) is 24.0. The van der Waals surface area contributed by atoms with Crippen molar-refractivity contribution in [3.05, 3.63) is 81.9 Å². The van der Waals surface area contributed by atoms with E-state index in [1.54, 1.807) is 37.3 Å². The van der Waals surface area contributed by atoms with Crippen LogP contribution in [0.5, 0.6) is 5.75 Å². The summed E-state index contributed by atoms with van der Waals surface area (Å²) in [6, 6.07) is 17.0. The molecule has 0 aliphatic carbocycles. The van der Waals surface area contributed by atoms with Gasteiger partial charge in [-0.3, -0.25) is 9.79 Å². The molecule has 0 saturated heterocycles. The largest absolute Gasteiger partial charge is 0.491 e. The van der Waals surface area contributed by atoms with E-state index in [1.807, 2.05) is 56.3 Å². The Kier molecular flexibility index (Phi) is 8.26. The van der Waals surface area contributed by atoms with Gasteiger partial charge >= 0.3 is 0 Å². The number of hydrogen-bond donors (Lipinski definition) is 1. The van der Waals surface area contributed by atoms with Crippen LogP contribution in [-0.4, -0.2) is 44.5 Å². The average Bonchev–Trinajstić information content (AvgIpc) is 2.79. The Hall–Kier alpha value is -3.15. The fourth-order valence-corrected chi connectivity index (χ4v) is 3.98. The Balaban J connectivity index is 2.01. The van der Waals surface area contributed by atoms with Gasteiger partial charge in [0.1, 0.15) is 5.75 Å². The van der Waals surface area contributed by atoms with Crippen molar-refractivity contribution >= 4 is 29.4 Å². The monoisotopic (exact) mass is 464 g/mol. The van der Waals surface area contributed by atoms with Gasteiger partial charge in [-0.05, 0) is 55.3 Å². The number of carbonyl (C=O) groups excluding carboxylic acids is 1. The number of para-hydroxylation sites is 1. The molecule has 0 spiro atoms. The molecule has 6 heteroatoms. The van der Waals surface area contributed by atoms with E-state index in [0.717, 1.165) is 27.8 Å². The molecule has 1 N–H and O–H groups in total. The fourth-order valence-electron chi connectivity index (χ4n) is 3.76. The number of rotatable bonds is 8. The van der Waals surface area contributed by atoms with Gasteiger partial charge in [0.25, 0.3) is 5.91 Å². The first kappa shape index (κ1) is 24.5. The molecule has 1 amide bonds. The van der Waals surface area contributed by atoms with Gasteiger partial charge in [-0.1, -0.05) is 41.4 Å². The van der Waals surface area contributed by atoms with Crippen LogP contribution in [0.1, 0.15) is 33.5 Å². The maximum Gasteiger partial charge on any atom is 0.258 e. The maximum atomic E-state index is 13.5. The standard InChI is InChI=1S/C27H29ClN2O3/c1-18-9-11-22(21(15-18)17-29-3)23-16-20(10-12-24(23)28)27(32)30(4)26-19(2)7-5-8-25(26)33-14-6-13-31/h5,7-12,15-17,31H,6,13-14H2,1-4H3. The minimum Gasteiger partial charge on any atom is -0.491 e. The van der Waals surface area contributed by atoms with Crippen LogP contribution in [0.4, 0.5) is 5.69 Å². The molecule has 0 unspecified atom stereocenters. The summed E-state index contributed by atoms with van der Waals surface area (Å²) in [7, 11) is 3.46. The second-order valence-electron chi connectivity index (χ2n) is 7.88. The molecule has 3 aromatic rings.